The number of aromatic nitrogens is 1. The van der Waals surface area contributed by atoms with Gasteiger partial charge in [-0.2, -0.15) is 0 Å². The number of nitrogens with zero attached hydrogens (tertiary/aromatic N) is 2. The molecule has 0 amide bonds. The van der Waals surface area contributed by atoms with Crippen LogP contribution in [0.1, 0.15) is 5.56 Å². The molecule has 2 N–H and O–H groups in total. The molecule has 0 unspecified atom stereocenters. The number of hydrogen-bond donors (Lipinski definition) is 1. The van der Waals surface area contributed by atoms with E-state index < -0.39 is 0 Å². The number of rotatable bonds is 2. The minimum Gasteiger partial charge on any atom is -0.396 e. The fraction of sp³-hybridized carbons (Fsp3) is 0.118. The summed E-state index contributed by atoms with van der Waals surface area (Å²) in [5.41, 5.74) is 11.2. The van der Waals surface area contributed by atoms with Crippen molar-refractivity contribution >= 4 is 28.0 Å². The molecule has 20 heavy (non-hydrogen) atoms. The lowest BCUT2D eigenvalue weighted by atomic mass is 10.1. The summed E-state index contributed by atoms with van der Waals surface area (Å²) in [5.74, 6) is 0. The lowest BCUT2D eigenvalue weighted by Crippen LogP contribution is -2.13. The largest absolute Gasteiger partial charge is 0.396 e. The molecule has 100 valence electrons. The SMILES string of the molecule is Cc1ccccc1N(C)c1c(N)cnc2ccccc12. The molecule has 1 heterocycles. The molecule has 0 saturated carbocycles. The average molecular weight is 263 g/mol. The molecular weight excluding hydrogens is 246 g/mol. The van der Waals surface area contributed by atoms with E-state index in [1.54, 1.807) is 6.20 Å². The van der Waals surface area contributed by atoms with Crippen LogP contribution in [0.4, 0.5) is 17.1 Å². The summed E-state index contributed by atoms with van der Waals surface area (Å²) in [6, 6.07) is 16.4. The van der Waals surface area contributed by atoms with Gasteiger partial charge >= 0.3 is 0 Å². The Morgan fingerprint density at radius 1 is 1.00 bits per heavy atom. The highest BCUT2D eigenvalue weighted by Gasteiger charge is 2.13. The molecule has 0 saturated heterocycles. The highest BCUT2D eigenvalue weighted by Crippen LogP contribution is 2.35. The number of hydrogen-bond acceptors (Lipinski definition) is 3. The molecule has 0 radical (unpaired) electrons. The van der Waals surface area contributed by atoms with Crippen molar-refractivity contribution in [1.82, 2.24) is 4.98 Å². The van der Waals surface area contributed by atoms with E-state index in [-0.39, 0.29) is 0 Å². The summed E-state index contributed by atoms with van der Waals surface area (Å²) in [6.07, 6.45) is 1.73. The zero-order chi connectivity index (χ0) is 14.1. The van der Waals surface area contributed by atoms with E-state index in [9.17, 15) is 0 Å². The van der Waals surface area contributed by atoms with Crippen molar-refractivity contribution < 1.29 is 0 Å². The van der Waals surface area contributed by atoms with E-state index in [2.05, 4.69) is 35.0 Å². The van der Waals surface area contributed by atoms with E-state index in [0.717, 1.165) is 22.3 Å². The van der Waals surface area contributed by atoms with Crippen molar-refractivity contribution in [3.05, 3.63) is 60.3 Å². The number of benzene rings is 2. The van der Waals surface area contributed by atoms with Crippen LogP contribution in [0.2, 0.25) is 0 Å². The number of nitrogens with two attached hydrogens (primary N) is 1. The van der Waals surface area contributed by atoms with Gasteiger partial charge in [-0.25, -0.2) is 0 Å². The van der Waals surface area contributed by atoms with Crippen LogP contribution in [0.15, 0.2) is 54.7 Å². The zero-order valence-corrected chi connectivity index (χ0v) is 11.7. The van der Waals surface area contributed by atoms with E-state index in [1.165, 1.54) is 5.56 Å². The first-order valence-corrected chi connectivity index (χ1v) is 6.61. The highest BCUT2D eigenvalue weighted by atomic mass is 15.1. The van der Waals surface area contributed by atoms with E-state index in [0.29, 0.717) is 5.69 Å². The first-order valence-electron chi connectivity index (χ1n) is 6.61. The average Bonchev–Trinajstić information content (AvgIpc) is 2.47. The van der Waals surface area contributed by atoms with Gasteiger partial charge < -0.3 is 10.6 Å². The van der Waals surface area contributed by atoms with Gasteiger partial charge in [-0.1, -0.05) is 36.4 Å². The first kappa shape index (κ1) is 12.5. The second-order valence-electron chi connectivity index (χ2n) is 4.92. The third-order valence-electron chi connectivity index (χ3n) is 3.59. The van der Waals surface area contributed by atoms with Crippen molar-refractivity contribution in [2.75, 3.05) is 17.7 Å². The Morgan fingerprint density at radius 3 is 2.50 bits per heavy atom. The highest BCUT2D eigenvalue weighted by molar-refractivity contribution is 5.99. The lowest BCUT2D eigenvalue weighted by Gasteiger charge is -2.24. The number of nitrogen functional groups attached to an aromatic ring is 1. The van der Waals surface area contributed by atoms with Crippen LogP contribution in [-0.4, -0.2) is 12.0 Å². The molecule has 0 aliphatic carbocycles. The van der Waals surface area contributed by atoms with Crippen LogP contribution in [0.5, 0.6) is 0 Å². The molecule has 3 heteroatoms. The predicted octanol–water partition coefficient (Wildman–Crippen LogP) is 3.89. The Balaban J connectivity index is 2.24. The minimum atomic E-state index is 0.689. The van der Waals surface area contributed by atoms with E-state index in [1.807, 2.05) is 37.4 Å². The van der Waals surface area contributed by atoms with Gasteiger partial charge in [0.1, 0.15) is 0 Å². The summed E-state index contributed by atoms with van der Waals surface area (Å²) in [4.78, 5) is 6.52. The fourth-order valence-corrected chi connectivity index (χ4v) is 2.58. The molecule has 0 atom stereocenters. The van der Waals surface area contributed by atoms with Crippen LogP contribution in [-0.2, 0) is 0 Å². The summed E-state index contributed by atoms with van der Waals surface area (Å²) >= 11 is 0. The maximum absolute atomic E-state index is 6.17. The molecule has 0 fully saturated rings. The topological polar surface area (TPSA) is 42.1 Å². The molecule has 3 nitrogen and oxygen atoms in total. The summed E-state index contributed by atoms with van der Waals surface area (Å²) in [5, 5.41) is 1.07. The normalized spacial score (nSPS) is 10.7. The van der Waals surface area contributed by atoms with Crippen LogP contribution in [0.25, 0.3) is 10.9 Å². The zero-order valence-electron chi connectivity index (χ0n) is 11.7. The van der Waals surface area contributed by atoms with Crippen LogP contribution in [0, 0.1) is 6.92 Å². The number of para-hydroxylation sites is 2. The van der Waals surface area contributed by atoms with Gasteiger partial charge in [0.2, 0.25) is 0 Å². The van der Waals surface area contributed by atoms with Crippen molar-refractivity contribution in [2.24, 2.45) is 0 Å². The number of aryl methyl sites for hydroxylation is 1. The first-order chi connectivity index (χ1) is 9.68. The Kier molecular flexibility index (Phi) is 3.03. The second-order valence-corrected chi connectivity index (χ2v) is 4.92. The van der Waals surface area contributed by atoms with Crippen LogP contribution >= 0.6 is 0 Å². The number of pyridine rings is 1. The van der Waals surface area contributed by atoms with Crippen molar-refractivity contribution in [3.8, 4) is 0 Å². The van der Waals surface area contributed by atoms with Crippen LogP contribution in [0.3, 0.4) is 0 Å². The standard InChI is InChI=1S/C17H17N3/c1-12-7-3-6-10-16(12)20(2)17-13-8-4-5-9-15(13)19-11-14(17)18/h3-11H,18H2,1-2H3. The molecule has 3 rings (SSSR count). The third-order valence-corrected chi connectivity index (χ3v) is 3.59. The van der Waals surface area contributed by atoms with Crippen molar-refractivity contribution in [2.45, 2.75) is 6.92 Å². The van der Waals surface area contributed by atoms with Gasteiger partial charge in [-0.05, 0) is 24.6 Å². The molecule has 1 aromatic heterocycles. The summed E-state index contributed by atoms with van der Waals surface area (Å²) < 4.78 is 0. The Bertz CT molecular complexity index is 765. The molecule has 0 bridgehead atoms. The summed E-state index contributed by atoms with van der Waals surface area (Å²) in [6.45, 7) is 2.10. The minimum absolute atomic E-state index is 0.689. The van der Waals surface area contributed by atoms with Crippen molar-refractivity contribution in [3.63, 3.8) is 0 Å². The molecule has 0 aliphatic heterocycles. The van der Waals surface area contributed by atoms with E-state index in [4.69, 9.17) is 5.73 Å². The molecular formula is C17H17N3. The summed E-state index contributed by atoms with van der Waals surface area (Å²) in [7, 11) is 2.04. The fourth-order valence-electron chi connectivity index (χ4n) is 2.58. The number of fused-ring (bicyclic) bond motifs is 1. The van der Waals surface area contributed by atoms with Gasteiger partial charge in [0, 0.05) is 18.1 Å². The van der Waals surface area contributed by atoms with E-state index >= 15 is 0 Å². The lowest BCUT2D eigenvalue weighted by molar-refractivity contribution is 1.19. The maximum atomic E-state index is 6.17. The third kappa shape index (κ3) is 1.97. The predicted molar refractivity (Wildman–Crippen MR) is 85.4 cm³/mol. The van der Waals surface area contributed by atoms with Gasteiger partial charge in [0.15, 0.2) is 0 Å². The van der Waals surface area contributed by atoms with Gasteiger partial charge in [0.05, 0.1) is 23.1 Å². The number of anilines is 3. The van der Waals surface area contributed by atoms with Crippen LogP contribution < -0.4 is 10.6 Å². The monoisotopic (exact) mass is 263 g/mol. The van der Waals surface area contributed by atoms with Crippen molar-refractivity contribution in [1.29, 1.82) is 0 Å². The Hall–Kier alpha value is -2.55. The van der Waals surface area contributed by atoms with Gasteiger partial charge in [-0.15, -0.1) is 0 Å². The molecule has 2 aromatic carbocycles. The second kappa shape index (κ2) is 4.85. The smallest absolute Gasteiger partial charge is 0.0753 e. The Morgan fingerprint density at radius 2 is 1.70 bits per heavy atom. The Labute approximate surface area is 118 Å². The van der Waals surface area contributed by atoms with Gasteiger partial charge in [-0.3, -0.25) is 4.98 Å². The molecule has 0 spiro atoms. The maximum Gasteiger partial charge on any atom is 0.0753 e. The molecule has 3 aromatic rings. The van der Waals surface area contributed by atoms with Gasteiger partial charge in [0.25, 0.3) is 0 Å². The molecule has 0 aliphatic rings. The quantitative estimate of drug-likeness (QED) is 0.762.